The van der Waals surface area contributed by atoms with Crippen LogP contribution in [-0.4, -0.2) is 36.6 Å². The number of nitrogens with one attached hydrogen (secondary N) is 1. The molecule has 1 heterocycles. The Morgan fingerprint density at radius 1 is 1.54 bits per heavy atom. The summed E-state index contributed by atoms with van der Waals surface area (Å²) in [6, 6.07) is 0. The molecule has 0 aromatic rings. The van der Waals surface area contributed by atoms with E-state index in [2.05, 4.69) is 43.1 Å². The molecular weight excluding hydrogens is 160 g/mol. The van der Waals surface area contributed by atoms with E-state index >= 15 is 0 Å². The molecule has 1 unspecified atom stereocenters. The maximum atomic E-state index is 3.59. The number of nitrogens with zero attached hydrogens (tertiary/aromatic N) is 1. The van der Waals surface area contributed by atoms with Gasteiger partial charge in [-0.2, -0.15) is 0 Å². The van der Waals surface area contributed by atoms with E-state index < -0.39 is 0 Å². The van der Waals surface area contributed by atoms with Crippen molar-refractivity contribution >= 4 is 0 Å². The van der Waals surface area contributed by atoms with Crippen molar-refractivity contribution < 1.29 is 0 Å². The van der Waals surface area contributed by atoms with Gasteiger partial charge in [-0.1, -0.05) is 19.1 Å². The third-order valence-electron chi connectivity index (χ3n) is 2.93. The van der Waals surface area contributed by atoms with Crippen LogP contribution >= 0.6 is 0 Å². The summed E-state index contributed by atoms with van der Waals surface area (Å²) < 4.78 is 0. The Morgan fingerprint density at radius 2 is 2.31 bits per heavy atom. The van der Waals surface area contributed by atoms with Gasteiger partial charge in [-0.25, -0.2) is 0 Å². The van der Waals surface area contributed by atoms with Gasteiger partial charge in [0.05, 0.1) is 0 Å². The lowest BCUT2D eigenvalue weighted by molar-refractivity contribution is 0.152. The molecule has 1 saturated heterocycles. The molecule has 0 bridgehead atoms. The predicted molar refractivity (Wildman–Crippen MR) is 58.0 cm³/mol. The Balaban J connectivity index is 2.41. The average molecular weight is 182 g/mol. The molecule has 1 aliphatic rings. The van der Waals surface area contributed by atoms with Crippen molar-refractivity contribution in [2.75, 3.05) is 26.2 Å². The fourth-order valence-electron chi connectivity index (χ4n) is 1.79. The van der Waals surface area contributed by atoms with Gasteiger partial charge in [0.15, 0.2) is 0 Å². The summed E-state index contributed by atoms with van der Waals surface area (Å²) in [4.78, 5) is 2.51. The van der Waals surface area contributed by atoms with Crippen LogP contribution in [0.4, 0.5) is 0 Å². The summed E-state index contributed by atoms with van der Waals surface area (Å²) in [5.74, 6) is 0. The summed E-state index contributed by atoms with van der Waals surface area (Å²) in [6.07, 6.45) is 5.58. The largest absolute Gasteiger partial charge is 0.309 e. The van der Waals surface area contributed by atoms with E-state index in [9.17, 15) is 0 Å². The number of hydrogen-bond acceptors (Lipinski definition) is 2. The Labute approximate surface area is 82.0 Å². The third kappa shape index (κ3) is 3.12. The van der Waals surface area contributed by atoms with Crippen LogP contribution in [0.15, 0.2) is 12.2 Å². The molecule has 0 aliphatic carbocycles. The minimum absolute atomic E-state index is 0.333. The van der Waals surface area contributed by atoms with Gasteiger partial charge in [-0.3, -0.25) is 4.90 Å². The van der Waals surface area contributed by atoms with E-state index in [-0.39, 0.29) is 0 Å². The zero-order valence-corrected chi connectivity index (χ0v) is 9.14. The first-order chi connectivity index (χ1) is 6.20. The normalized spacial score (nSPS) is 31.3. The molecule has 1 N–H and O–H groups in total. The SMILES string of the molecule is C/C=C/CN1CCNC(C)(CC)C1. The van der Waals surface area contributed by atoms with Crippen LogP contribution < -0.4 is 5.32 Å². The smallest absolute Gasteiger partial charge is 0.0278 e. The summed E-state index contributed by atoms with van der Waals surface area (Å²) in [5.41, 5.74) is 0.333. The van der Waals surface area contributed by atoms with Crippen molar-refractivity contribution in [1.29, 1.82) is 0 Å². The minimum atomic E-state index is 0.333. The Morgan fingerprint density at radius 3 is 2.92 bits per heavy atom. The Hall–Kier alpha value is -0.340. The topological polar surface area (TPSA) is 15.3 Å². The van der Waals surface area contributed by atoms with Gasteiger partial charge in [0.1, 0.15) is 0 Å². The van der Waals surface area contributed by atoms with E-state index in [1.165, 1.54) is 19.5 Å². The van der Waals surface area contributed by atoms with Gasteiger partial charge in [0.25, 0.3) is 0 Å². The van der Waals surface area contributed by atoms with Crippen molar-refractivity contribution in [3.63, 3.8) is 0 Å². The van der Waals surface area contributed by atoms with Crippen molar-refractivity contribution in [1.82, 2.24) is 10.2 Å². The van der Waals surface area contributed by atoms with Crippen LogP contribution in [0.1, 0.15) is 27.2 Å². The minimum Gasteiger partial charge on any atom is -0.309 e. The highest BCUT2D eigenvalue weighted by atomic mass is 15.2. The molecule has 1 atom stereocenters. The summed E-state index contributed by atoms with van der Waals surface area (Å²) in [6.45, 7) is 11.2. The van der Waals surface area contributed by atoms with E-state index in [1.54, 1.807) is 0 Å². The standard InChI is InChI=1S/C11H22N2/c1-4-6-8-13-9-7-12-11(3,5-2)10-13/h4,6,12H,5,7-10H2,1-3H3/b6-4+. The number of piperazine rings is 1. The molecule has 76 valence electrons. The molecule has 1 aliphatic heterocycles. The monoisotopic (exact) mass is 182 g/mol. The summed E-state index contributed by atoms with van der Waals surface area (Å²) in [5, 5.41) is 3.59. The highest BCUT2D eigenvalue weighted by Gasteiger charge is 2.27. The first kappa shape index (κ1) is 10.7. The number of hydrogen-bond donors (Lipinski definition) is 1. The van der Waals surface area contributed by atoms with Gasteiger partial charge in [0.2, 0.25) is 0 Å². The van der Waals surface area contributed by atoms with E-state index in [0.29, 0.717) is 5.54 Å². The molecular formula is C11H22N2. The first-order valence-corrected chi connectivity index (χ1v) is 5.29. The van der Waals surface area contributed by atoms with Crippen molar-refractivity contribution in [3.8, 4) is 0 Å². The fourth-order valence-corrected chi connectivity index (χ4v) is 1.79. The molecule has 1 rings (SSSR count). The molecule has 0 spiro atoms. The Kier molecular flexibility index (Phi) is 3.94. The molecule has 2 heteroatoms. The van der Waals surface area contributed by atoms with Gasteiger partial charge in [-0.15, -0.1) is 0 Å². The van der Waals surface area contributed by atoms with Crippen molar-refractivity contribution in [2.24, 2.45) is 0 Å². The molecule has 0 radical (unpaired) electrons. The quantitative estimate of drug-likeness (QED) is 0.667. The van der Waals surface area contributed by atoms with Crippen LogP contribution in [0.5, 0.6) is 0 Å². The zero-order valence-electron chi connectivity index (χ0n) is 9.14. The van der Waals surface area contributed by atoms with Crippen LogP contribution in [0.3, 0.4) is 0 Å². The molecule has 1 fully saturated rings. The van der Waals surface area contributed by atoms with Crippen LogP contribution in [-0.2, 0) is 0 Å². The molecule has 0 amide bonds. The molecule has 0 aromatic heterocycles. The summed E-state index contributed by atoms with van der Waals surface area (Å²) >= 11 is 0. The lowest BCUT2D eigenvalue weighted by Gasteiger charge is -2.40. The summed E-state index contributed by atoms with van der Waals surface area (Å²) in [7, 11) is 0. The molecule has 2 nitrogen and oxygen atoms in total. The van der Waals surface area contributed by atoms with Gasteiger partial charge >= 0.3 is 0 Å². The van der Waals surface area contributed by atoms with Crippen LogP contribution in [0.2, 0.25) is 0 Å². The number of rotatable bonds is 3. The highest BCUT2D eigenvalue weighted by Crippen LogP contribution is 2.14. The number of allylic oxidation sites excluding steroid dienone is 1. The first-order valence-electron chi connectivity index (χ1n) is 5.29. The van der Waals surface area contributed by atoms with Gasteiger partial charge in [-0.05, 0) is 20.3 Å². The maximum Gasteiger partial charge on any atom is 0.0278 e. The van der Waals surface area contributed by atoms with Crippen molar-refractivity contribution in [2.45, 2.75) is 32.7 Å². The van der Waals surface area contributed by atoms with Crippen LogP contribution in [0.25, 0.3) is 0 Å². The zero-order chi connectivity index (χ0) is 9.73. The second-order valence-electron chi connectivity index (χ2n) is 4.15. The molecule has 0 aromatic carbocycles. The van der Waals surface area contributed by atoms with E-state index in [4.69, 9.17) is 0 Å². The molecule has 0 saturated carbocycles. The van der Waals surface area contributed by atoms with Crippen LogP contribution in [0, 0.1) is 0 Å². The third-order valence-corrected chi connectivity index (χ3v) is 2.93. The van der Waals surface area contributed by atoms with Crippen molar-refractivity contribution in [3.05, 3.63) is 12.2 Å². The van der Waals surface area contributed by atoms with Gasteiger partial charge < -0.3 is 5.32 Å². The van der Waals surface area contributed by atoms with E-state index in [1.807, 2.05) is 0 Å². The average Bonchev–Trinajstić information content (AvgIpc) is 2.15. The second kappa shape index (κ2) is 4.77. The predicted octanol–water partition coefficient (Wildman–Crippen LogP) is 1.64. The lowest BCUT2D eigenvalue weighted by atomic mass is 9.96. The second-order valence-corrected chi connectivity index (χ2v) is 4.15. The lowest BCUT2D eigenvalue weighted by Crippen LogP contribution is -2.58. The molecule has 13 heavy (non-hydrogen) atoms. The fraction of sp³-hybridized carbons (Fsp3) is 0.818. The maximum absolute atomic E-state index is 3.59. The highest BCUT2D eigenvalue weighted by molar-refractivity contribution is 4.92. The Bertz CT molecular complexity index is 177. The van der Waals surface area contributed by atoms with E-state index in [0.717, 1.165) is 13.1 Å². The van der Waals surface area contributed by atoms with Gasteiger partial charge in [0, 0.05) is 31.7 Å².